The minimum atomic E-state index is -0.928. The average Bonchev–Trinajstić information content (AvgIpc) is 2.58. The fourth-order valence-corrected chi connectivity index (χ4v) is 5.96. The molecule has 4 saturated carbocycles. The molecular formula is C21H29N3O3. The van der Waals surface area contributed by atoms with Crippen molar-refractivity contribution in [1.82, 2.24) is 15.6 Å². The van der Waals surface area contributed by atoms with Crippen LogP contribution in [0.25, 0.3) is 0 Å². The van der Waals surface area contributed by atoms with E-state index in [0.717, 1.165) is 32.1 Å². The second-order valence-corrected chi connectivity index (χ2v) is 9.69. The topological polar surface area (TPSA) is 91.3 Å². The summed E-state index contributed by atoms with van der Waals surface area (Å²) in [5.74, 6) is 0.839. The van der Waals surface area contributed by atoms with Crippen LogP contribution >= 0.6 is 0 Å². The quantitative estimate of drug-likeness (QED) is 0.739. The SMILES string of the molecule is CC(C)(O)CNC(=O)C12CC3CC(CC(NC(=O)c4ccccn4)(C3)C1)C2. The van der Waals surface area contributed by atoms with Crippen molar-refractivity contribution in [2.45, 2.75) is 63.5 Å². The predicted molar refractivity (Wildman–Crippen MR) is 101 cm³/mol. The third kappa shape index (κ3) is 3.59. The highest BCUT2D eigenvalue weighted by atomic mass is 16.3. The van der Waals surface area contributed by atoms with Gasteiger partial charge in [-0.25, -0.2) is 0 Å². The van der Waals surface area contributed by atoms with E-state index in [1.807, 2.05) is 6.07 Å². The summed E-state index contributed by atoms with van der Waals surface area (Å²) in [6.45, 7) is 3.64. The fourth-order valence-electron chi connectivity index (χ4n) is 5.96. The lowest BCUT2D eigenvalue weighted by atomic mass is 9.46. The van der Waals surface area contributed by atoms with Gasteiger partial charge in [-0.3, -0.25) is 14.6 Å². The number of nitrogens with zero attached hydrogens (tertiary/aromatic N) is 1. The molecule has 1 aromatic rings. The Labute approximate surface area is 160 Å². The lowest BCUT2D eigenvalue weighted by Crippen LogP contribution is -2.66. The van der Waals surface area contributed by atoms with Crippen molar-refractivity contribution in [2.24, 2.45) is 17.3 Å². The molecule has 0 aromatic carbocycles. The lowest BCUT2D eigenvalue weighted by Gasteiger charge is -2.61. The molecule has 0 spiro atoms. The van der Waals surface area contributed by atoms with Gasteiger partial charge in [-0.15, -0.1) is 0 Å². The van der Waals surface area contributed by atoms with E-state index in [1.165, 1.54) is 0 Å². The number of hydrogen-bond donors (Lipinski definition) is 3. The van der Waals surface area contributed by atoms with Crippen molar-refractivity contribution in [1.29, 1.82) is 0 Å². The monoisotopic (exact) mass is 371 g/mol. The van der Waals surface area contributed by atoms with Crippen LogP contribution in [0.5, 0.6) is 0 Å². The van der Waals surface area contributed by atoms with Crippen molar-refractivity contribution in [3.63, 3.8) is 0 Å². The molecule has 1 heterocycles. The molecule has 146 valence electrons. The first-order valence-corrected chi connectivity index (χ1v) is 9.93. The second kappa shape index (κ2) is 6.30. The van der Waals surface area contributed by atoms with Gasteiger partial charge in [0, 0.05) is 18.3 Å². The largest absolute Gasteiger partial charge is 0.389 e. The Balaban J connectivity index is 1.53. The van der Waals surface area contributed by atoms with E-state index in [4.69, 9.17) is 0 Å². The van der Waals surface area contributed by atoms with Crippen LogP contribution in [0.4, 0.5) is 0 Å². The summed E-state index contributed by atoms with van der Waals surface area (Å²) in [7, 11) is 0. The summed E-state index contributed by atoms with van der Waals surface area (Å²) >= 11 is 0. The first kappa shape index (κ1) is 18.4. The van der Waals surface area contributed by atoms with Crippen LogP contribution in [0.15, 0.2) is 24.4 Å². The molecule has 0 radical (unpaired) electrons. The Hall–Kier alpha value is -1.95. The van der Waals surface area contributed by atoms with Crippen LogP contribution in [-0.4, -0.2) is 39.6 Å². The second-order valence-electron chi connectivity index (χ2n) is 9.69. The van der Waals surface area contributed by atoms with Crippen LogP contribution in [0, 0.1) is 17.3 Å². The molecular weight excluding hydrogens is 342 g/mol. The molecule has 2 unspecified atom stereocenters. The zero-order chi connectivity index (χ0) is 19.3. The standard InChI is InChI=1S/C21H29N3O3/c1-19(2,27)13-23-18(26)20-8-14-7-15(9-20)11-21(10-14,12-20)24-17(25)16-5-3-4-6-22-16/h3-6,14-15,27H,7-13H2,1-2H3,(H,23,26)(H,24,25). The van der Waals surface area contributed by atoms with E-state index in [2.05, 4.69) is 15.6 Å². The highest BCUT2D eigenvalue weighted by Crippen LogP contribution is 2.61. The van der Waals surface area contributed by atoms with E-state index in [0.29, 0.717) is 24.0 Å². The zero-order valence-electron chi connectivity index (χ0n) is 16.1. The number of rotatable bonds is 5. The minimum absolute atomic E-state index is 0.0372. The summed E-state index contributed by atoms with van der Waals surface area (Å²) in [5.41, 5.74) is -1.24. The van der Waals surface area contributed by atoms with Gasteiger partial charge in [-0.2, -0.15) is 0 Å². The van der Waals surface area contributed by atoms with E-state index >= 15 is 0 Å². The molecule has 2 atom stereocenters. The molecule has 27 heavy (non-hydrogen) atoms. The van der Waals surface area contributed by atoms with Gasteiger partial charge in [0.2, 0.25) is 5.91 Å². The molecule has 4 aliphatic carbocycles. The van der Waals surface area contributed by atoms with Crippen LogP contribution in [-0.2, 0) is 4.79 Å². The minimum Gasteiger partial charge on any atom is -0.389 e. The Morgan fingerprint density at radius 1 is 1.22 bits per heavy atom. The first-order valence-electron chi connectivity index (χ1n) is 9.93. The highest BCUT2D eigenvalue weighted by molar-refractivity contribution is 5.93. The van der Waals surface area contributed by atoms with Crippen molar-refractivity contribution in [3.05, 3.63) is 30.1 Å². The Bertz CT molecular complexity index is 727. The van der Waals surface area contributed by atoms with Gasteiger partial charge in [-0.05, 0) is 76.3 Å². The number of pyridine rings is 1. The number of nitrogens with one attached hydrogen (secondary N) is 2. The summed E-state index contributed by atoms with van der Waals surface area (Å²) in [6, 6.07) is 5.33. The number of carbonyl (C=O) groups excluding carboxylic acids is 2. The van der Waals surface area contributed by atoms with E-state index < -0.39 is 11.0 Å². The van der Waals surface area contributed by atoms with Crippen LogP contribution < -0.4 is 10.6 Å². The molecule has 2 amide bonds. The highest BCUT2D eigenvalue weighted by Gasteiger charge is 2.61. The summed E-state index contributed by atoms with van der Waals surface area (Å²) in [6.07, 6.45) is 7.14. The third-order valence-corrected chi connectivity index (χ3v) is 6.50. The lowest BCUT2D eigenvalue weighted by molar-refractivity contribution is -0.150. The molecule has 5 rings (SSSR count). The normalized spacial score (nSPS) is 34.3. The van der Waals surface area contributed by atoms with Crippen LogP contribution in [0.2, 0.25) is 0 Å². The van der Waals surface area contributed by atoms with E-state index in [1.54, 1.807) is 32.2 Å². The number of hydrogen-bond acceptors (Lipinski definition) is 4. The van der Waals surface area contributed by atoms with E-state index in [-0.39, 0.29) is 23.9 Å². The van der Waals surface area contributed by atoms with Crippen molar-refractivity contribution in [2.75, 3.05) is 6.54 Å². The Kier molecular flexibility index (Phi) is 4.29. The van der Waals surface area contributed by atoms with Crippen molar-refractivity contribution < 1.29 is 14.7 Å². The summed E-state index contributed by atoms with van der Waals surface area (Å²) in [5, 5.41) is 16.2. The maximum Gasteiger partial charge on any atom is 0.270 e. The summed E-state index contributed by atoms with van der Waals surface area (Å²) in [4.78, 5) is 30.0. The van der Waals surface area contributed by atoms with Crippen molar-refractivity contribution >= 4 is 11.8 Å². The predicted octanol–water partition coefficient (Wildman–Crippen LogP) is 2.04. The number of carbonyl (C=O) groups is 2. The molecule has 6 heteroatoms. The molecule has 0 aliphatic heterocycles. The fraction of sp³-hybridized carbons (Fsp3) is 0.667. The molecule has 0 saturated heterocycles. The van der Waals surface area contributed by atoms with Crippen LogP contribution in [0.3, 0.4) is 0 Å². The maximum absolute atomic E-state index is 13.1. The number of amides is 2. The van der Waals surface area contributed by atoms with Gasteiger partial charge in [0.25, 0.3) is 5.91 Å². The van der Waals surface area contributed by atoms with Gasteiger partial charge in [0.05, 0.1) is 11.0 Å². The van der Waals surface area contributed by atoms with Gasteiger partial charge in [0.15, 0.2) is 0 Å². The maximum atomic E-state index is 13.1. The zero-order valence-corrected chi connectivity index (χ0v) is 16.1. The van der Waals surface area contributed by atoms with Gasteiger partial charge < -0.3 is 15.7 Å². The molecule has 4 bridgehead atoms. The molecule has 4 fully saturated rings. The van der Waals surface area contributed by atoms with Gasteiger partial charge in [0.1, 0.15) is 5.69 Å². The van der Waals surface area contributed by atoms with E-state index in [9.17, 15) is 14.7 Å². The smallest absolute Gasteiger partial charge is 0.270 e. The Morgan fingerprint density at radius 3 is 2.52 bits per heavy atom. The van der Waals surface area contributed by atoms with Crippen molar-refractivity contribution in [3.8, 4) is 0 Å². The average molecular weight is 371 g/mol. The van der Waals surface area contributed by atoms with Gasteiger partial charge >= 0.3 is 0 Å². The first-order chi connectivity index (χ1) is 12.7. The Morgan fingerprint density at radius 2 is 1.93 bits per heavy atom. The molecule has 4 aliphatic rings. The van der Waals surface area contributed by atoms with Crippen LogP contribution in [0.1, 0.15) is 62.9 Å². The molecule has 3 N–H and O–H groups in total. The van der Waals surface area contributed by atoms with Gasteiger partial charge in [-0.1, -0.05) is 6.07 Å². The molecule has 1 aromatic heterocycles. The third-order valence-electron chi connectivity index (χ3n) is 6.50. The summed E-state index contributed by atoms with van der Waals surface area (Å²) < 4.78 is 0. The number of aliphatic hydroxyl groups is 1. The number of aromatic nitrogens is 1. The molecule has 6 nitrogen and oxygen atoms in total.